The molecule has 1 fully saturated rings. The molecule has 254 valence electrons. The standard InChI is InChI=1S/C48H40N2S2/c1-2-12-34(13-3-1)50-42-18-7-4-14-35(42)36-24-21-32(29-43(36)50)31-23-26-46-40(28-31)48(37-15-5-8-19-44(37)51-45-20-9-6-16-38(45)48)39-25-22-33(30-47(39)52-46)41-17-10-11-27-49-41/h1-2,4-5,7-12,14-15,17-30,36,39-40,43,46-47H,3,6,13,16H2. The molecule has 2 aromatic carbocycles. The largest absolute Gasteiger partial charge is 0.337 e. The van der Waals surface area contributed by atoms with Crippen LogP contribution in [-0.4, -0.2) is 21.5 Å². The molecule has 7 unspecified atom stereocenters. The number of allylic oxidation sites excluding steroid dienone is 15. The van der Waals surface area contributed by atoms with Crippen LogP contribution in [-0.2, 0) is 5.41 Å². The van der Waals surface area contributed by atoms with E-state index in [1.807, 2.05) is 24.0 Å². The summed E-state index contributed by atoms with van der Waals surface area (Å²) in [4.78, 5) is 10.3. The Balaban J connectivity index is 1.06. The van der Waals surface area contributed by atoms with Gasteiger partial charge in [0.1, 0.15) is 0 Å². The molecule has 4 heterocycles. The van der Waals surface area contributed by atoms with Crippen molar-refractivity contribution in [1.82, 2.24) is 4.98 Å². The molecule has 3 aliphatic heterocycles. The monoisotopic (exact) mass is 708 g/mol. The van der Waals surface area contributed by atoms with Crippen LogP contribution in [0.4, 0.5) is 5.69 Å². The molecule has 0 bridgehead atoms. The molecule has 7 atom stereocenters. The van der Waals surface area contributed by atoms with Gasteiger partial charge in [-0.2, -0.15) is 0 Å². The number of thioether (sulfide) groups is 2. The zero-order valence-electron chi connectivity index (χ0n) is 29.0. The Morgan fingerprint density at radius 3 is 2.48 bits per heavy atom. The summed E-state index contributed by atoms with van der Waals surface area (Å²) in [6.07, 6.45) is 40.8. The minimum absolute atomic E-state index is 0.141. The van der Waals surface area contributed by atoms with Gasteiger partial charge in [0.25, 0.3) is 0 Å². The lowest BCUT2D eigenvalue weighted by Gasteiger charge is -2.58. The van der Waals surface area contributed by atoms with Gasteiger partial charge in [-0.3, -0.25) is 4.98 Å². The highest BCUT2D eigenvalue weighted by Crippen LogP contribution is 2.66. The lowest BCUT2D eigenvalue weighted by Crippen LogP contribution is -2.55. The zero-order chi connectivity index (χ0) is 34.2. The van der Waals surface area contributed by atoms with Crippen LogP contribution < -0.4 is 4.90 Å². The number of aromatic nitrogens is 1. The van der Waals surface area contributed by atoms with E-state index in [0.29, 0.717) is 28.3 Å². The molecule has 0 amide bonds. The molecule has 8 aliphatic rings. The van der Waals surface area contributed by atoms with Crippen molar-refractivity contribution in [2.45, 2.75) is 58.5 Å². The first kappa shape index (κ1) is 31.1. The fourth-order valence-electron chi connectivity index (χ4n) is 10.4. The molecule has 2 nitrogen and oxygen atoms in total. The van der Waals surface area contributed by atoms with Gasteiger partial charge in [-0.1, -0.05) is 133 Å². The van der Waals surface area contributed by atoms with Crippen LogP contribution in [0.5, 0.6) is 0 Å². The number of anilines is 1. The molecule has 5 aliphatic carbocycles. The van der Waals surface area contributed by atoms with Crippen LogP contribution >= 0.6 is 23.5 Å². The Morgan fingerprint density at radius 1 is 0.712 bits per heavy atom. The number of fused-ring (bicyclic) bond motifs is 10. The van der Waals surface area contributed by atoms with Crippen molar-refractivity contribution in [1.29, 1.82) is 0 Å². The average Bonchev–Trinajstić information content (AvgIpc) is 3.55. The van der Waals surface area contributed by atoms with Crippen molar-refractivity contribution in [3.8, 4) is 0 Å². The van der Waals surface area contributed by atoms with E-state index >= 15 is 0 Å². The maximum atomic E-state index is 4.76. The Morgan fingerprint density at radius 2 is 1.56 bits per heavy atom. The third-order valence-corrected chi connectivity index (χ3v) is 15.2. The Hall–Kier alpha value is -4.51. The highest BCUT2D eigenvalue weighted by atomic mass is 32.2. The van der Waals surface area contributed by atoms with Crippen LogP contribution in [0.1, 0.15) is 48.4 Å². The molecule has 4 heteroatoms. The van der Waals surface area contributed by atoms with E-state index < -0.39 is 0 Å². The van der Waals surface area contributed by atoms with Crippen molar-refractivity contribution in [3.05, 3.63) is 202 Å². The van der Waals surface area contributed by atoms with Crippen LogP contribution in [0.15, 0.2) is 190 Å². The van der Waals surface area contributed by atoms with Gasteiger partial charge in [0.05, 0.1) is 11.7 Å². The quantitative estimate of drug-likeness (QED) is 0.269. The van der Waals surface area contributed by atoms with Gasteiger partial charge in [0.15, 0.2) is 0 Å². The van der Waals surface area contributed by atoms with E-state index in [-0.39, 0.29) is 11.5 Å². The van der Waals surface area contributed by atoms with E-state index in [2.05, 4.69) is 162 Å². The molecule has 1 spiro atoms. The van der Waals surface area contributed by atoms with E-state index in [1.54, 1.807) is 5.57 Å². The van der Waals surface area contributed by atoms with Gasteiger partial charge in [0.2, 0.25) is 0 Å². The van der Waals surface area contributed by atoms with Crippen molar-refractivity contribution in [2.75, 3.05) is 4.90 Å². The SMILES string of the molecule is C1=CCCC(N2c3ccccc3C3C=CC(C4=CC5C(C=C4)SC4C=C(c6ccccn6)C=CC4C54C5=C(C=CCC5)Sc5ccccc54)=CC32)=C1. The zero-order valence-corrected chi connectivity index (χ0v) is 30.6. The summed E-state index contributed by atoms with van der Waals surface area (Å²) in [7, 11) is 0. The molecule has 3 aromatic rings. The first-order valence-corrected chi connectivity index (χ1v) is 20.7. The van der Waals surface area contributed by atoms with E-state index in [1.165, 1.54) is 49.0 Å². The molecule has 52 heavy (non-hydrogen) atoms. The first-order chi connectivity index (χ1) is 25.8. The van der Waals surface area contributed by atoms with E-state index in [9.17, 15) is 0 Å². The second-order valence-electron chi connectivity index (χ2n) is 15.1. The normalized spacial score (nSPS) is 31.8. The number of para-hydroxylation sites is 1. The van der Waals surface area contributed by atoms with Gasteiger partial charge in [0, 0.05) is 61.1 Å². The fourth-order valence-corrected chi connectivity index (χ4v) is 13.4. The highest BCUT2D eigenvalue weighted by Gasteiger charge is 2.59. The second kappa shape index (κ2) is 12.3. The van der Waals surface area contributed by atoms with Gasteiger partial charge >= 0.3 is 0 Å². The third kappa shape index (κ3) is 4.63. The summed E-state index contributed by atoms with van der Waals surface area (Å²) in [5.41, 5.74) is 12.3. The Bertz CT molecular complexity index is 2310. The molecule has 1 aromatic heterocycles. The third-order valence-electron chi connectivity index (χ3n) is 12.6. The van der Waals surface area contributed by atoms with Crippen molar-refractivity contribution < 1.29 is 0 Å². The molecule has 1 saturated heterocycles. The summed E-state index contributed by atoms with van der Waals surface area (Å²) in [6.45, 7) is 0. The maximum Gasteiger partial charge on any atom is 0.0699 e. The molecule has 0 N–H and O–H groups in total. The van der Waals surface area contributed by atoms with Gasteiger partial charge in [-0.05, 0) is 89.4 Å². The number of nitrogens with zero attached hydrogens (tertiary/aromatic N) is 2. The maximum absolute atomic E-state index is 4.76. The summed E-state index contributed by atoms with van der Waals surface area (Å²) < 4.78 is 0. The number of benzene rings is 2. The minimum atomic E-state index is -0.141. The summed E-state index contributed by atoms with van der Waals surface area (Å²) in [5.74, 6) is 1.02. The van der Waals surface area contributed by atoms with E-state index in [4.69, 9.17) is 4.98 Å². The Kier molecular flexibility index (Phi) is 7.34. The van der Waals surface area contributed by atoms with Crippen LogP contribution in [0, 0.1) is 11.8 Å². The number of hydrogen-bond acceptors (Lipinski definition) is 4. The predicted octanol–water partition coefficient (Wildman–Crippen LogP) is 11.6. The van der Waals surface area contributed by atoms with Gasteiger partial charge in [-0.15, -0.1) is 11.8 Å². The van der Waals surface area contributed by atoms with E-state index in [0.717, 1.165) is 31.4 Å². The molecular weight excluding hydrogens is 669 g/mol. The smallest absolute Gasteiger partial charge is 0.0699 e. The van der Waals surface area contributed by atoms with Crippen molar-refractivity contribution in [3.63, 3.8) is 0 Å². The summed E-state index contributed by atoms with van der Waals surface area (Å²) >= 11 is 4.15. The summed E-state index contributed by atoms with van der Waals surface area (Å²) in [5, 5.41) is 0.706. The van der Waals surface area contributed by atoms with Crippen LogP contribution in [0.3, 0.4) is 0 Å². The molecule has 0 saturated carbocycles. The summed E-state index contributed by atoms with van der Waals surface area (Å²) in [6, 6.07) is 25.0. The van der Waals surface area contributed by atoms with Crippen molar-refractivity contribution >= 4 is 34.8 Å². The molecule has 11 rings (SSSR count). The lowest BCUT2D eigenvalue weighted by atomic mass is 9.53. The van der Waals surface area contributed by atoms with Crippen LogP contribution in [0.2, 0.25) is 0 Å². The van der Waals surface area contributed by atoms with Gasteiger partial charge in [-0.25, -0.2) is 0 Å². The van der Waals surface area contributed by atoms with Crippen molar-refractivity contribution in [2.24, 2.45) is 11.8 Å². The second-order valence-corrected chi connectivity index (χ2v) is 17.5. The lowest BCUT2D eigenvalue weighted by molar-refractivity contribution is 0.264. The topological polar surface area (TPSA) is 16.1 Å². The minimum Gasteiger partial charge on any atom is -0.337 e. The molecule has 0 radical (unpaired) electrons. The molecular formula is C48H40N2S2. The average molecular weight is 709 g/mol. The Labute approximate surface area is 315 Å². The first-order valence-electron chi connectivity index (χ1n) is 19.0. The number of pyridine rings is 1. The number of rotatable bonds is 3. The predicted molar refractivity (Wildman–Crippen MR) is 219 cm³/mol. The van der Waals surface area contributed by atoms with Crippen LogP contribution in [0.25, 0.3) is 5.57 Å². The highest BCUT2D eigenvalue weighted by molar-refractivity contribution is 8.03. The van der Waals surface area contributed by atoms with Gasteiger partial charge < -0.3 is 4.90 Å². The fraction of sp³-hybridized carbons (Fsp3) is 0.229. The number of hydrogen-bond donors (Lipinski definition) is 0.